The zero-order valence-corrected chi connectivity index (χ0v) is 20.2. The molecule has 1 aliphatic heterocycles. The minimum atomic E-state index is -1.04. The number of rotatable bonds is 8. The van der Waals surface area contributed by atoms with Crippen molar-refractivity contribution in [3.8, 4) is 11.3 Å². The van der Waals surface area contributed by atoms with E-state index in [1.165, 1.54) is 16.2 Å². The maximum Gasteiger partial charge on any atom is 0.262 e. The molecule has 6 nitrogen and oxygen atoms in total. The van der Waals surface area contributed by atoms with Crippen molar-refractivity contribution >= 4 is 34.2 Å². The van der Waals surface area contributed by atoms with Gasteiger partial charge in [0.2, 0.25) is 0 Å². The summed E-state index contributed by atoms with van der Waals surface area (Å²) < 4.78 is 0. The van der Waals surface area contributed by atoms with E-state index >= 15 is 0 Å². The van der Waals surface area contributed by atoms with E-state index < -0.39 is 17.9 Å². The third-order valence-corrected chi connectivity index (χ3v) is 6.93. The van der Waals surface area contributed by atoms with Crippen LogP contribution in [0.5, 0.6) is 0 Å². The molecule has 1 aliphatic rings. The van der Waals surface area contributed by atoms with E-state index in [1.54, 1.807) is 30.3 Å². The van der Waals surface area contributed by atoms with E-state index in [1.807, 2.05) is 66.0 Å². The fourth-order valence-corrected chi connectivity index (χ4v) is 5.17. The van der Waals surface area contributed by atoms with Crippen molar-refractivity contribution in [3.05, 3.63) is 120 Å². The van der Waals surface area contributed by atoms with Crippen LogP contribution in [0.25, 0.3) is 11.3 Å². The zero-order valence-electron chi connectivity index (χ0n) is 19.4. The second kappa shape index (κ2) is 10.1. The van der Waals surface area contributed by atoms with Crippen LogP contribution in [0.15, 0.2) is 103 Å². The Morgan fingerprint density at radius 1 is 0.917 bits per heavy atom. The van der Waals surface area contributed by atoms with E-state index in [4.69, 9.17) is 4.98 Å². The average Bonchev–Trinajstić information content (AvgIpc) is 3.50. The predicted molar refractivity (Wildman–Crippen MR) is 141 cm³/mol. The molecule has 0 aliphatic carbocycles. The first-order valence-electron chi connectivity index (χ1n) is 11.5. The van der Waals surface area contributed by atoms with Crippen LogP contribution in [0.4, 0.5) is 5.13 Å². The molecular formula is C29H23N3O3S. The molecule has 0 bridgehead atoms. The van der Waals surface area contributed by atoms with Gasteiger partial charge >= 0.3 is 0 Å². The number of benzene rings is 3. The monoisotopic (exact) mass is 493 g/mol. The molecule has 0 saturated carbocycles. The van der Waals surface area contributed by atoms with Crippen LogP contribution in [-0.4, -0.2) is 40.2 Å². The number of thiazole rings is 1. The molecule has 0 fully saturated rings. The lowest BCUT2D eigenvalue weighted by atomic mass is 10.0. The van der Waals surface area contributed by atoms with Crippen LogP contribution in [0.3, 0.4) is 0 Å². The number of amides is 3. The van der Waals surface area contributed by atoms with Crippen molar-refractivity contribution in [3.63, 3.8) is 0 Å². The number of aromatic nitrogens is 1. The molecule has 1 aromatic heterocycles. The Bertz CT molecular complexity index is 1400. The molecule has 4 aromatic rings. The Morgan fingerprint density at radius 2 is 1.50 bits per heavy atom. The van der Waals surface area contributed by atoms with Gasteiger partial charge in [-0.2, -0.15) is 0 Å². The van der Waals surface area contributed by atoms with Gasteiger partial charge in [0.15, 0.2) is 5.13 Å². The number of carbonyl (C=O) groups excluding carboxylic acids is 3. The van der Waals surface area contributed by atoms with Gasteiger partial charge in [0.05, 0.1) is 16.8 Å². The topological polar surface area (TPSA) is 70.6 Å². The summed E-state index contributed by atoms with van der Waals surface area (Å²) in [7, 11) is 0. The van der Waals surface area contributed by atoms with E-state index in [0.717, 1.165) is 21.7 Å². The number of hydrogen-bond donors (Lipinski definition) is 0. The van der Waals surface area contributed by atoms with E-state index in [2.05, 4.69) is 6.58 Å². The molecule has 1 unspecified atom stereocenters. The van der Waals surface area contributed by atoms with Crippen LogP contribution in [0, 0.1) is 0 Å². The maximum atomic E-state index is 14.1. The number of hydrogen-bond acceptors (Lipinski definition) is 5. The number of carbonyl (C=O) groups is 3. The highest BCUT2D eigenvalue weighted by Gasteiger charge is 2.44. The molecule has 3 amide bonds. The smallest absolute Gasteiger partial charge is 0.262 e. The van der Waals surface area contributed by atoms with Gasteiger partial charge in [0.1, 0.15) is 6.04 Å². The van der Waals surface area contributed by atoms with Crippen molar-refractivity contribution in [2.75, 3.05) is 11.4 Å². The Labute approximate surface area is 213 Å². The maximum absolute atomic E-state index is 14.1. The lowest BCUT2D eigenvalue weighted by molar-refractivity contribution is -0.122. The van der Waals surface area contributed by atoms with Crippen molar-refractivity contribution < 1.29 is 14.4 Å². The lowest BCUT2D eigenvalue weighted by Gasteiger charge is -2.30. The molecule has 0 N–H and O–H groups in total. The Balaban J connectivity index is 1.53. The van der Waals surface area contributed by atoms with E-state index in [9.17, 15) is 14.4 Å². The average molecular weight is 494 g/mol. The van der Waals surface area contributed by atoms with Gasteiger partial charge in [0, 0.05) is 23.9 Å². The lowest BCUT2D eigenvalue weighted by Crippen LogP contribution is -2.52. The first kappa shape index (κ1) is 23.4. The fourth-order valence-electron chi connectivity index (χ4n) is 4.32. The molecule has 5 rings (SSSR count). The normalized spacial score (nSPS) is 13.4. The summed E-state index contributed by atoms with van der Waals surface area (Å²) in [6, 6.07) is 24.7. The molecule has 1 atom stereocenters. The van der Waals surface area contributed by atoms with Gasteiger partial charge < -0.3 is 0 Å². The number of imide groups is 1. The zero-order chi connectivity index (χ0) is 25.1. The van der Waals surface area contributed by atoms with Crippen LogP contribution in [0.1, 0.15) is 26.3 Å². The summed E-state index contributed by atoms with van der Waals surface area (Å²) in [5, 5.41) is 2.37. The molecule has 178 valence electrons. The van der Waals surface area contributed by atoms with Gasteiger partial charge in [-0.15, -0.1) is 17.9 Å². The Morgan fingerprint density at radius 3 is 2.11 bits per heavy atom. The third-order valence-electron chi connectivity index (χ3n) is 6.06. The molecule has 0 saturated heterocycles. The second-order valence-corrected chi connectivity index (χ2v) is 9.19. The predicted octanol–water partition coefficient (Wildman–Crippen LogP) is 5.24. The fraction of sp³-hybridized carbons (Fsp3) is 0.103. The summed E-state index contributed by atoms with van der Waals surface area (Å²) >= 11 is 1.33. The SMILES string of the molecule is C=CCN(C(=O)C(Cc1ccccc1)N1C(=O)c2ccccc2C1=O)c1nc(-c2ccccc2)cs1. The molecule has 0 spiro atoms. The quantitative estimate of drug-likeness (QED) is 0.249. The Kier molecular flexibility index (Phi) is 6.56. The second-order valence-electron chi connectivity index (χ2n) is 8.35. The highest BCUT2D eigenvalue weighted by Crippen LogP contribution is 2.31. The third kappa shape index (κ3) is 4.36. The van der Waals surface area contributed by atoms with Crippen molar-refractivity contribution in [1.29, 1.82) is 0 Å². The highest BCUT2D eigenvalue weighted by molar-refractivity contribution is 7.14. The molecular weight excluding hydrogens is 470 g/mol. The van der Waals surface area contributed by atoms with Crippen LogP contribution < -0.4 is 4.90 Å². The minimum absolute atomic E-state index is 0.190. The standard InChI is InChI=1S/C29H23N3O3S/c1-2-17-31(29-30-24(19-36-29)21-13-7-4-8-14-21)28(35)25(18-20-11-5-3-6-12-20)32-26(33)22-15-9-10-16-23(22)27(32)34/h2-16,19,25H,1,17-18H2. The van der Waals surface area contributed by atoms with Gasteiger partial charge in [0.25, 0.3) is 17.7 Å². The van der Waals surface area contributed by atoms with Gasteiger partial charge in [-0.1, -0.05) is 78.9 Å². The molecule has 0 radical (unpaired) electrons. The Hall–Kier alpha value is -4.36. The number of anilines is 1. The molecule has 36 heavy (non-hydrogen) atoms. The van der Waals surface area contributed by atoms with E-state index in [0.29, 0.717) is 16.3 Å². The number of fused-ring (bicyclic) bond motifs is 1. The van der Waals surface area contributed by atoms with Gasteiger partial charge in [-0.25, -0.2) is 4.98 Å². The highest BCUT2D eigenvalue weighted by atomic mass is 32.1. The van der Waals surface area contributed by atoms with Crippen molar-refractivity contribution in [2.24, 2.45) is 0 Å². The summed E-state index contributed by atoms with van der Waals surface area (Å²) in [5.41, 5.74) is 3.15. The summed E-state index contributed by atoms with van der Waals surface area (Å²) in [5.74, 6) is -1.32. The van der Waals surface area contributed by atoms with Gasteiger partial charge in [-0.3, -0.25) is 24.2 Å². The summed E-state index contributed by atoms with van der Waals surface area (Å²) in [6.07, 6.45) is 1.80. The molecule has 2 heterocycles. The molecule has 7 heteroatoms. The summed E-state index contributed by atoms with van der Waals surface area (Å²) in [4.78, 5) is 48.1. The van der Waals surface area contributed by atoms with Crippen molar-refractivity contribution in [1.82, 2.24) is 9.88 Å². The number of nitrogens with zero attached hydrogens (tertiary/aromatic N) is 3. The minimum Gasteiger partial charge on any atom is -0.282 e. The van der Waals surface area contributed by atoms with Gasteiger partial charge in [-0.05, 0) is 17.7 Å². The molecule has 3 aromatic carbocycles. The summed E-state index contributed by atoms with van der Waals surface area (Å²) in [6.45, 7) is 4.00. The van der Waals surface area contributed by atoms with Crippen LogP contribution in [0.2, 0.25) is 0 Å². The van der Waals surface area contributed by atoms with Crippen LogP contribution in [-0.2, 0) is 11.2 Å². The first-order chi connectivity index (χ1) is 17.6. The van der Waals surface area contributed by atoms with Crippen molar-refractivity contribution in [2.45, 2.75) is 12.5 Å². The van der Waals surface area contributed by atoms with Crippen LogP contribution >= 0.6 is 11.3 Å². The first-order valence-corrected chi connectivity index (χ1v) is 12.4. The largest absolute Gasteiger partial charge is 0.282 e. The van der Waals surface area contributed by atoms with E-state index in [-0.39, 0.29) is 18.9 Å².